The molecule has 0 heterocycles. The number of carboxylic acids is 1. The maximum absolute atomic E-state index is 12.5. The summed E-state index contributed by atoms with van der Waals surface area (Å²) in [6.45, 7) is 0. The van der Waals surface area contributed by atoms with E-state index in [1.807, 2.05) is 12.1 Å². The van der Waals surface area contributed by atoms with Crippen LogP contribution in [-0.2, 0) is 9.59 Å². The Morgan fingerprint density at radius 1 is 1.15 bits per heavy atom. The Morgan fingerprint density at radius 2 is 1.80 bits per heavy atom. The number of nitrogens with one attached hydrogen (secondary N) is 1. The Bertz CT molecular complexity index is 560. The number of aliphatic carboxylic acids is 1. The standard InChI is InChI=1S/C15H17NO3S/c17-14(16-10-3-1-2-4-11(10)20)12-8-5-6-9(7-8)13(12)15(18)19/h1-4,8-9,12-13,20H,5-7H2,(H,16,17)(H,18,19)/t8-,9-,12-,13+/m1/s1. The molecule has 0 saturated heterocycles. The van der Waals surface area contributed by atoms with Crippen molar-refractivity contribution in [3.05, 3.63) is 24.3 Å². The lowest BCUT2D eigenvalue weighted by molar-refractivity contribution is -0.148. The molecule has 2 fully saturated rings. The summed E-state index contributed by atoms with van der Waals surface area (Å²) in [4.78, 5) is 24.6. The van der Waals surface area contributed by atoms with Crippen LogP contribution in [0.25, 0.3) is 0 Å². The molecule has 2 N–H and O–H groups in total. The van der Waals surface area contributed by atoms with Gasteiger partial charge in [0, 0.05) is 4.90 Å². The lowest BCUT2D eigenvalue weighted by Gasteiger charge is -2.27. The molecule has 0 aliphatic heterocycles. The lowest BCUT2D eigenvalue weighted by atomic mass is 9.78. The molecule has 4 atom stereocenters. The van der Waals surface area contributed by atoms with Crippen LogP contribution in [0.5, 0.6) is 0 Å². The zero-order chi connectivity index (χ0) is 14.3. The molecule has 106 valence electrons. The van der Waals surface area contributed by atoms with Crippen molar-refractivity contribution in [1.29, 1.82) is 0 Å². The molecule has 0 radical (unpaired) electrons. The summed E-state index contributed by atoms with van der Waals surface area (Å²) in [5.41, 5.74) is 0.646. The summed E-state index contributed by atoms with van der Waals surface area (Å²) < 4.78 is 0. The second kappa shape index (κ2) is 5.13. The Hall–Kier alpha value is -1.49. The zero-order valence-corrected chi connectivity index (χ0v) is 11.8. The molecule has 1 aromatic rings. The summed E-state index contributed by atoms with van der Waals surface area (Å²) in [7, 11) is 0. The third-order valence-electron chi connectivity index (χ3n) is 4.67. The monoisotopic (exact) mass is 291 g/mol. The number of anilines is 1. The molecule has 1 aromatic carbocycles. The van der Waals surface area contributed by atoms with Crippen LogP contribution in [0.15, 0.2) is 29.2 Å². The van der Waals surface area contributed by atoms with Gasteiger partial charge in [0.15, 0.2) is 0 Å². The molecule has 2 bridgehead atoms. The number of carbonyl (C=O) groups excluding carboxylic acids is 1. The van der Waals surface area contributed by atoms with Crippen molar-refractivity contribution in [1.82, 2.24) is 0 Å². The van der Waals surface area contributed by atoms with Crippen molar-refractivity contribution in [2.45, 2.75) is 24.2 Å². The molecule has 2 aliphatic rings. The number of hydrogen-bond acceptors (Lipinski definition) is 3. The van der Waals surface area contributed by atoms with Crippen molar-refractivity contribution in [3.8, 4) is 0 Å². The minimum absolute atomic E-state index is 0.166. The van der Waals surface area contributed by atoms with Crippen LogP contribution in [0.1, 0.15) is 19.3 Å². The number of carbonyl (C=O) groups is 2. The molecule has 0 aromatic heterocycles. The Balaban J connectivity index is 1.80. The van der Waals surface area contributed by atoms with E-state index in [9.17, 15) is 14.7 Å². The maximum atomic E-state index is 12.5. The Morgan fingerprint density at radius 3 is 2.45 bits per heavy atom. The highest BCUT2D eigenvalue weighted by atomic mass is 32.1. The van der Waals surface area contributed by atoms with Crippen LogP contribution in [0, 0.1) is 23.7 Å². The van der Waals surface area contributed by atoms with Gasteiger partial charge >= 0.3 is 5.97 Å². The van der Waals surface area contributed by atoms with Gasteiger partial charge in [0.05, 0.1) is 17.5 Å². The minimum Gasteiger partial charge on any atom is -0.481 e. The first-order valence-corrected chi connectivity index (χ1v) is 7.34. The quantitative estimate of drug-likeness (QED) is 0.750. The molecule has 0 unspecified atom stereocenters. The van der Waals surface area contributed by atoms with E-state index in [1.54, 1.807) is 12.1 Å². The molecule has 2 saturated carbocycles. The Kier molecular flexibility index (Phi) is 3.46. The van der Waals surface area contributed by atoms with Gasteiger partial charge in [-0.3, -0.25) is 9.59 Å². The van der Waals surface area contributed by atoms with Gasteiger partial charge in [0.2, 0.25) is 5.91 Å². The zero-order valence-electron chi connectivity index (χ0n) is 11.0. The van der Waals surface area contributed by atoms with E-state index in [0.717, 1.165) is 19.3 Å². The van der Waals surface area contributed by atoms with Gasteiger partial charge in [-0.25, -0.2) is 0 Å². The van der Waals surface area contributed by atoms with Gasteiger partial charge in [-0.05, 0) is 43.2 Å². The first kappa shape index (κ1) is 13.5. The fourth-order valence-corrected chi connectivity index (χ4v) is 4.04. The normalized spacial score (nSPS) is 31.2. The van der Waals surface area contributed by atoms with Gasteiger partial charge in [-0.15, -0.1) is 12.6 Å². The predicted molar refractivity (Wildman–Crippen MR) is 77.8 cm³/mol. The number of para-hydroxylation sites is 1. The van der Waals surface area contributed by atoms with E-state index < -0.39 is 17.8 Å². The predicted octanol–water partition coefficient (Wildman–Crippen LogP) is 2.66. The molecule has 5 heteroatoms. The van der Waals surface area contributed by atoms with Gasteiger partial charge in [0.1, 0.15) is 0 Å². The molecule has 3 rings (SSSR count). The highest BCUT2D eigenvalue weighted by Crippen LogP contribution is 2.52. The highest BCUT2D eigenvalue weighted by molar-refractivity contribution is 7.80. The summed E-state index contributed by atoms with van der Waals surface area (Å²) in [5, 5.41) is 12.2. The van der Waals surface area contributed by atoms with Crippen LogP contribution in [0.2, 0.25) is 0 Å². The SMILES string of the molecule is O=C(Nc1ccccc1S)[C@@H]1[C@@H]2CC[C@H](C2)[C@@H]1C(=O)O. The first-order valence-electron chi connectivity index (χ1n) is 6.89. The van der Waals surface area contributed by atoms with E-state index in [4.69, 9.17) is 0 Å². The van der Waals surface area contributed by atoms with Crippen LogP contribution in [0.4, 0.5) is 5.69 Å². The smallest absolute Gasteiger partial charge is 0.307 e. The van der Waals surface area contributed by atoms with Crippen molar-refractivity contribution < 1.29 is 14.7 Å². The summed E-state index contributed by atoms with van der Waals surface area (Å²) in [6.07, 6.45) is 2.78. The number of carboxylic acid groups (broad SMARTS) is 1. The van der Waals surface area contributed by atoms with Crippen LogP contribution < -0.4 is 5.32 Å². The van der Waals surface area contributed by atoms with Crippen molar-refractivity contribution in [2.24, 2.45) is 23.7 Å². The minimum atomic E-state index is -0.837. The molecular weight excluding hydrogens is 274 g/mol. The summed E-state index contributed by atoms with van der Waals surface area (Å²) >= 11 is 4.30. The van der Waals surface area contributed by atoms with Gasteiger partial charge in [0.25, 0.3) is 0 Å². The van der Waals surface area contributed by atoms with E-state index in [-0.39, 0.29) is 17.7 Å². The number of rotatable bonds is 3. The number of hydrogen-bond donors (Lipinski definition) is 3. The lowest BCUT2D eigenvalue weighted by Crippen LogP contribution is -2.37. The molecule has 4 nitrogen and oxygen atoms in total. The fourth-order valence-electron chi connectivity index (χ4n) is 3.82. The average Bonchev–Trinajstić information content (AvgIpc) is 3.01. The van der Waals surface area contributed by atoms with Crippen LogP contribution in [-0.4, -0.2) is 17.0 Å². The molecule has 20 heavy (non-hydrogen) atoms. The molecule has 2 aliphatic carbocycles. The van der Waals surface area contributed by atoms with Crippen molar-refractivity contribution in [2.75, 3.05) is 5.32 Å². The third-order valence-corrected chi connectivity index (χ3v) is 5.06. The second-order valence-electron chi connectivity index (χ2n) is 5.73. The number of amides is 1. The molecule has 1 amide bonds. The average molecular weight is 291 g/mol. The van der Waals surface area contributed by atoms with Gasteiger partial charge in [-0.2, -0.15) is 0 Å². The van der Waals surface area contributed by atoms with E-state index in [0.29, 0.717) is 10.6 Å². The van der Waals surface area contributed by atoms with E-state index in [1.165, 1.54) is 0 Å². The second-order valence-corrected chi connectivity index (χ2v) is 6.21. The van der Waals surface area contributed by atoms with E-state index >= 15 is 0 Å². The summed E-state index contributed by atoms with van der Waals surface area (Å²) in [5.74, 6) is -1.56. The van der Waals surface area contributed by atoms with Gasteiger partial charge in [-0.1, -0.05) is 12.1 Å². The summed E-state index contributed by atoms with van der Waals surface area (Å²) in [6, 6.07) is 7.25. The number of benzene rings is 1. The maximum Gasteiger partial charge on any atom is 0.307 e. The third kappa shape index (κ3) is 2.20. The molecule has 0 spiro atoms. The Labute approximate surface area is 123 Å². The fraction of sp³-hybridized carbons (Fsp3) is 0.467. The van der Waals surface area contributed by atoms with Crippen molar-refractivity contribution in [3.63, 3.8) is 0 Å². The van der Waals surface area contributed by atoms with Gasteiger partial charge < -0.3 is 10.4 Å². The topological polar surface area (TPSA) is 66.4 Å². The van der Waals surface area contributed by atoms with E-state index in [2.05, 4.69) is 17.9 Å². The van der Waals surface area contributed by atoms with Crippen LogP contribution >= 0.6 is 12.6 Å². The van der Waals surface area contributed by atoms with Crippen molar-refractivity contribution >= 4 is 30.2 Å². The first-order chi connectivity index (χ1) is 9.58. The van der Waals surface area contributed by atoms with Crippen LogP contribution in [0.3, 0.4) is 0 Å². The number of thiol groups is 1. The highest BCUT2D eigenvalue weighted by Gasteiger charge is 2.53. The largest absolute Gasteiger partial charge is 0.481 e. The number of fused-ring (bicyclic) bond motifs is 2. The molecular formula is C15H17NO3S.